The van der Waals surface area contributed by atoms with Crippen molar-refractivity contribution < 1.29 is 75.8 Å². The minimum atomic E-state index is 0. The van der Waals surface area contributed by atoms with Crippen molar-refractivity contribution in [2.45, 2.75) is 0 Å². The van der Waals surface area contributed by atoms with Gasteiger partial charge in [0.1, 0.15) is 0 Å². The largest absolute Gasteiger partial charge is 0 e. The smallest absolute Gasteiger partial charge is 0 e. The maximum Gasteiger partial charge on any atom is 0 e. The molecule has 0 saturated carbocycles. The average molecular weight is 334 g/mol. The fourth-order valence-corrected chi connectivity index (χ4v) is 0. The molecule has 0 aromatic rings. The first kappa shape index (κ1) is 16.3. The number of hydrogen-bond donors (Lipinski definition) is 0. The Morgan fingerprint density at radius 2 is 1.25 bits per heavy atom. The van der Waals surface area contributed by atoms with E-state index in [0.29, 0.717) is 0 Å². The van der Waals surface area contributed by atoms with Crippen LogP contribution >= 0.6 is 0 Å². The van der Waals surface area contributed by atoms with E-state index in [1.807, 2.05) is 0 Å². The molecular weight excluding hydrogens is 334 g/mol. The third kappa shape index (κ3) is 8.86. The Hall–Kier alpha value is 2.27. The molecule has 0 amide bonds. The molecule has 0 fully saturated rings. The van der Waals surface area contributed by atoms with Crippen LogP contribution in [0.15, 0.2) is 0 Å². The van der Waals surface area contributed by atoms with Crippen LogP contribution in [0, 0.1) is 0 Å². The molecule has 0 atom stereocenters. The minimum absolute atomic E-state index is 0. The normalized spacial score (nSPS) is 0.750. The van der Waals surface area contributed by atoms with Crippen molar-refractivity contribution in [3.8, 4) is 0 Å². The predicted molar refractivity (Wildman–Crippen MR) is 0.686 cm³/mol. The molecule has 0 unspecified atom stereocenters. The molecule has 0 rings (SSSR count). The standard InChI is InChI=1S/Hf.O.Ti.Zr. The van der Waals surface area contributed by atoms with Gasteiger partial charge >= 0.3 is 23.7 Å². The first-order valence-corrected chi connectivity index (χ1v) is 0.842. The Kier molecular flexibility index (Phi) is 76.0. The summed E-state index contributed by atoms with van der Waals surface area (Å²) >= 11 is 0.750. The average Bonchev–Trinajstić information content (AvgIpc) is 1.00. The van der Waals surface area contributed by atoms with E-state index in [0.717, 1.165) is 20.4 Å². The number of rotatable bonds is 0. The minimum Gasteiger partial charge on any atom is 0 e. The van der Waals surface area contributed by atoms with Gasteiger partial charge < -0.3 is 0 Å². The molecule has 0 aromatic heterocycles. The van der Waals surface area contributed by atoms with Crippen LogP contribution in [0.4, 0.5) is 0 Å². The molecule has 0 aliphatic rings. The zero-order valence-corrected chi connectivity index (χ0v) is 9.52. The maximum atomic E-state index is 8.25. The van der Waals surface area contributed by atoms with Crippen molar-refractivity contribution in [3.63, 3.8) is 0 Å². The zero-order valence-electron chi connectivity index (χ0n) is 1.91. The molecular formula is HfOTiZr. The summed E-state index contributed by atoms with van der Waals surface area (Å²) in [6.45, 7) is 0. The van der Waals surface area contributed by atoms with Gasteiger partial charge in [0.05, 0.1) is 0 Å². The van der Waals surface area contributed by atoms with Crippen LogP contribution in [0.5, 0.6) is 0 Å². The molecule has 18 valence electrons. The summed E-state index contributed by atoms with van der Waals surface area (Å²) in [5.41, 5.74) is 0. The van der Waals surface area contributed by atoms with Crippen LogP contribution in [-0.2, 0) is 75.8 Å². The molecule has 0 radical (unpaired) electrons. The fraction of sp³-hybridized carbons (Fsp3) is 0. The summed E-state index contributed by atoms with van der Waals surface area (Å²) in [7, 11) is 0. The maximum absolute atomic E-state index is 8.25. The van der Waals surface area contributed by atoms with Gasteiger partial charge in [0.25, 0.3) is 0 Å². The molecule has 0 N–H and O–H groups in total. The summed E-state index contributed by atoms with van der Waals surface area (Å²) in [4.78, 5) is 0. The van der Waals surface area contributed by atoms with Crippen LogP contribution < -0.4 is 0 Å². The van der Waals surface area contributed by atoms with Crippen molar-refractivity contribution in [1.82, 2.24) is 0 Å². The number of hydrogen-bond acceptors (Lipinski definition) is 1. The van der Waals surface area contributed by atoms with Gasteiger partial charge in [-0.3, -0.25) is 0 Å². The quantitative estimate of drug-likeness (QED) is 0.565. The Morgan fingerprint density at radius 3 is 1.25 bits per heavy atom. The van der Waals surface area contributed by atoms with Crippen molar-refractivity contribution in [3.05, 3.63) is 0 Å². The SMILES string of the molecule is [Hf].[O]=[Ti].[Zr]. The Labute approximate surface area is 74.5 Å². The van der Waals surface area contributed by atoms with Crippen LogP contribution in [0.2, 0.25) is 0 Å². The molecule has 1 nitrogen and oxygen atoms in total. The van der Waals surface area contributed by atoms with Crippen molar-refractivity contribution >= 4 is 0 Å². The van der Waals surface area contributed by atoms with Crippen LogP contribution in [0.3, 0.4) is 0 Å². The first-order valence-electron chi connectivity index (χ1n) is 0.204. The predicted octanol–water partition coefficient (Wildman–Crippen LogP) is -0.126. The van der Waals surface area contributed by atoms with Gasteiger partial charge in [-0.05, 0) is 0 Å². The molecule has 0 saturated heterocycles. The van der Waals surface area contributed by atoms with Crippen molar-refractivity contribution in [2.24, 2.45) is 0 Å². The molecule has 0 heterocycles. The van der Waals surface area contributed by atoms with Gasteiger partial charge in [0, 0.05) is 52.0 Å². The Balaban J connectivity index is -0.00000000500. The van der Waals surface area contributed by atoms with Crippen molar-refractivity contribution in [2.75, 3.05) is 0 Å². The van der Waals surface area contributed by atoms with E-state index in [1.54, 1.807) is 0 Å². The summed E-state index contributed by atoms with van der Waals surface area (Å²) in [5, 5.41) is 0. The third-order valence-electron chi connectivity index (χ3n) is 0. The summed E-state index contributed by atoms with van der Waals surface area (Å²) < 4.78 is 8.25. The molecule has 4 heavy (non-hydrogen) atoms. The third-order valence-corrected chi connectivity index (χ3v) is 0. The van der Waals surface area contributed by atoms with E-state index in [1.165, 1.54) is 0 Å². The molecule has 0 bridgehead atoms. The molecule has 0 spiro atoms. The zero-order chi connectivity index (χ0) is 2.00. The second kappa shape index (κ2) is 18.7. The molecule has 0 aliphatic heterocycles. The molecule has 4 heteroatoms. The van der Waals surface area contributed by atoms with E-state index < -0.39 is 0 Å². The van der Waals surface area contributed by atoms with Gasteiger partial charge in [-0.15, -0.1) is 0 Å². The van der Waals surface area contributed by atoms with E-state index >= 15 is 0 Å². The van der Waals surface area contributed by atoms with Crippen LogP contribution in [0.1, 0.15) is 0 Å². The van der Waals surface area contributed by atoms with Crippen LogP contribution in [0.25, 0.3) is 0 Å². The summed E-state index contributed by atoms with van der Waals surface area (Å²) in [6.07, 6.45) is 0. The first-order chi connectivity index (χ1) is 1.00. The van der Waals surface area contributed by atoms with E-state index in [2.05, 4.69) is 0 Å². The van der Waals surface area contributed by atoms with E-state index in [-0.39, 0.29) is 52.0 Å². The van der Waals surface area contributed by atoms with Gasteiger partial charge in [-0.1, -0.05) is 0 Å². The van der Waals surface area contributed by atoms with Gasteiger partial charge in [0.15, 0.2) is 0 Å². The second-order valence-corrected chi connectivity index (χ2v) is 0. The van der Waals surface area contributed by atoms with Gasteiger partial charge in [0.2, 0.25) is 0 Å². The molecule has 0 aromatic carbocycles. The van der Waals surface area contributed by atoms with Crippen molar-refractivity contribution in [1.29, 1.82) is 0 Å². The summed E-state index contributed by atoms with van der Waals surface area (Å²) in [6, 6.07) is 0. The topological polar surface area (TPSA) is 17.1 Å². The Morgan fingerprint density at radius 1 is 1.25 bits per heavy atom. The van der Waals surface area contributed by atoms with E-state index in [4.69, 9.17) is 3.32 Å². The van der Waals surface area contributed by atoms with Gasteiger partial charge in [-0.25, -0.2) is 0 Å². The summed E-state index contributed by atoms with van der Waals surface area (Å²) in [5.74, 6) is 0. The van der Waals surface area contributed by atoms with Gasteiger partial charge in [-0.2, -0.15) is 0 Å². The monoisotopic (exact) mass is 334 g/mol. The fourth-order valence-electron chi connectivity index (χ4n) is 0. The van der Waals surface area contributed by atoms with E-state index in [9.17, 15) is 0 Å². The molecule has 0 aliphatic carbocycles. The Bertz CT molecular complexity index is 8.00. The van der Waals surface area contributed by atoms with Crippen LogP contribution in [-0.4, -0.2) is 0 Å². The second-order valence-electron chi connectivity index (χ2n) is 0.